The maximum Gasteiger partial charge on any atom is 0.397 e. The largest absolute Gasteiger partial charge is 0.397 e. The van der Waals surface area contributed by atoms with Crippen LogP contribution in [-0.4, -0.2) is 125 Å². The summed E-state index contributed by atoms with van der Waals surface area (Å²) in [6.45, 7) is 0.204. The molecule has 9 atom stereocenters. The molecule has 2 heterocycles. The number of rotatable bonds is 19. The van der Waals surface area contributed by atoms with Crippen molar-refractivity contribution in [2.24, 2.45) is 0 Å². The predicted octanol–water partition coefficient (Wildman–Crippen LogP) is -0.623. The highest BCUT2D eigenvalue weighted by Gasteiger charge is 2.61. The SMILES string of the molecule is CCCCCCCCCCCCOC[C@@]1(O[C@H]2O[C@H](CO)[C@@H](O)[C@H](O)[C@H]2O)O[C@H](CO)[C@@H](O)[C@@H]1OS(=O)(=O)O. The fourth-order valence-corrected chi connectivity index (χ4v) is 5.29. The second kappa shape index (κ2) is 16.8. The average molecular weight is 591 g/mol. The lowest BCUT2D eigenvalue weighted by Gasteiger charge is -2.43. The van der Waals surface area contributed by atoms with Gasteiger partial charge in [-0.1, -0.05) is 64.7 Å². The van der Waals surface area contributed by atoms with Gasteiger partial charge in [0.15, 0.2) is 12.4 Å². The van der Waals surface area contributed by atoms with Gasteiger partial charge >= 0.3 is 10.4 Å². The van der Waals surface area contributed by atoms with E-state index < -0.39 is 85.0 Å². The van der Waals surface area contributed by atoms with Gasteiger partial charge in [-0.25, -0.2) is 4.18 Å². The van der Waals surface area contributed by atoms with Crippen LogP contribution in [0.3, 0.4) is 0 Å². The summed E-state index contributed by atoms with van der Waals surface area (Å²) in [5, 5.41) is 60.2. The van der Waals surface area contributed by atoms with E-state index in [1.807, 2.05) is 0 Å². The van der Waals surface area contributed by atoms with Gasteiger partial charge in [-0.3, -0.25) is 4.55 Å². The van der Waals surface area contributed by atoms with Gasteiger partial charge in [0.05, 0.1) is 13.2 Å². The molecule has 0 unspecified atom stereocenters. The van der Waals surface area contributed by atoms with Gasteiger partial charge in [0.1, 0.15) is 43.2 Å². The van der Waals surface area contributed by atoms with Crippen LogP contribution in [0.1, 0.15) is 71.1 Å². The van der Waals surface area contributed by atoms with E-state index in [1.54, 1.807) is 0 Å². The number of hydrogen-bond donors (Lipinski definition) is 7. The average Bonchev–Trinajstić information content (AvgIpc) is 3.14. The molecule has 14 nitrogen and oxygen atoms in total. The highest BCUT2D eigenvalue weighted by Crippen LogP contribution is 2.39. The third-order valence-corrected chi connectivity index (χ3v) is 7.44. The Morgan fingerprint density at radius 3 is 1.87 bits per heavy atom. The van der Waals surface area contributed by atoms with Gasteiger partial charge in [0.25, 0.3) is 0 Å². The summed E-state index contributed by atoms with van der Waals surface area (Å²) < 4.78 is 59.4. The molecular formula is C24H46O14S. The number of aliphatic hydroxyl groups excluding tert-OH is 6. The Morgan fingerprint density at radius 1 is 0.769 bits per heavy atom. The van der Waals surface area contributed by atoms with Crippen molar-refractivity contribution >= 4 is 10.4 Å². The van der Waals surface area contributed by atoms with Gasteiger partial charge < -0.3 is 49.6 Å². The Morgan fingerprint density at radius 2 is 1.33 bits per heavy atom. The standard InChI is InChI=1S/C24H46O14S/c1-2-3-4-5-6-7-8-9-10-11-12-34-15-24(22(38-39(31,32)33)19(28)17(14-26)36-24)37-23-21(30)20(29)18(27)16(13-25)35-23/h16-23,25-30H,2-15H2,1H3,(H,31,32,33)/t16-,17-,18-,19-,20+,21-,22+,23-,24+/m1/s1. The summed E-state index contributed by atoms with van der Waals surface area (Å²) in [6.07, 6.45) is -2.94. The van der Waals surface area contributed by atoms with Crippen LogP contribution in [0.15, 0.2) is 0 Å². The first kappa shape index (κ1) is 34.7. The van der Waals surface area contributed by atoms with E-state index >= 15 is 0 Å². The zero-order valence-electron chi connectivity index (χ0n) is 22.4. The molecule has 0 radical (unpaired) electrons. The molecular weight excluding hydrogens is 544 g/mol. The molecule has 0 aliphatic carbocycles. The van der Waals surface area contributed by atoms with Gasteiger partial charge in [-0.05, 0) is 6.42 Å². The number of aliphatic hydroxyl groups is 6. The first-order valence-electron chi connectivity index (χ1n) is 13.7. The van der Waals surface area contributed by atoms with Gasteiger partial charge in [-0.2, -0.15) is 8.42 Å². The Bertz CT molecular complexity index is 783. The highest BCUT2D eigenvalue weighted by atomic mass is 32.3. The maximum atomic E-state index is 11.6. The van der Waals surface area contributed by atoms with E-state index in [-0.39, 0.29) is 6.61 Å². The van der Waals surface area contributed by atoms with Crippen LogP contribution in [0.5, 0.6) is 0 Å². The molecule has 2 fully saturated rings. The quantitative estimate of drug-likeness (QED) is 0.0736. The first-order chi connectivity index (χ1) is 18.5. The molecule has 15 heteroatoms. The minimum absolute atomic E-state index is 0.179. The summed E-state index contributed by atoms with van der Waals surface area (Å²) in [4.78, 5) is 0. The molecule has 0 saturated carbocycles. The predicted molar refractivity (Wildman–Crippen MR) is 135 cm³/mol. The molecule has 0 bridgehead atoms. The number of hydrogen-bond acceptors (Lipinski definition) is 13. The van der Waals surface area contributed by atoms with Crippen LogP contribution in [-0.2, 0) is 33.5 Å². The number of ether oxygens (including phenoxy) is 4. The van der Waals surface area contributed by atoms with E-state index in [1.165, 1.54) is 32.1 Å². The van der Waals surface area contributed by atoms with Crippen LogP contribution >= 0.6 is 0 Å². The van der Waals surface area contributed by atoms with Gasteiger partial charge in [0.2, 0.25) is 5.79 Å². The topological polar surface area (TPSA) is 222 Å². The molecule has 2 rings (SSSR count). The molecule has 2 saturated heterocycles. The second-order valence-electron chi connectivity index (χ2n) is 10.1. The fourth-order valence-electron chi connectivity index (χ4n) is 4.77. The fraction of sp³-hybridized carbons (Fsp3) is 1.00. The Hall–Kier alpha value is -0.530. The molecule has 0 aromatic rings. The normalized spacial score (nSPS) is 35.5. The van der Waals surface area contributed by atoms with Crippen molar-refractivity contribution in [3.05, 3.63) is 0 Å². The molecule has 2 aliphatic rings. The lowest BCUT2D eigenvalue weighted by atomic mass is 9.99. The van der Waals surface area contributed by atoms with Crippen molar-refractivity contribution in [3.63, 3.8) is 0 Å². The lowest BCUT2D eigenvalue weighted by molar-refractivity contribution is -0.383. The summed E-state index contributed by atoms with van der Waals surface area (Å²) >= 11 is 0. The third-order valence-electron chi connectivity index (χ3n) is 6.99. The van der Waals surface area contributed by atoms with E-state index in [9.17, 15) is 43.6 Å². The van der Waals surface area contributed by atoms with E-state index in [4.69, 9.17) is 18.9 Å². The van der Waals surface area contributed by atoms with Crippen molar-refractivity contribution in [1.29, 1.82) is 0 Å². The van der Waals surface area contributed by atoms with Gasteiger partial charge in [-0.15, -0.1) is 0 Å². The van der Waals surface area contributed by atoms with Crippen molar-refractivity contribution in [1.82, 2.24) is 0 Å². The van der Waals surface area contributed by atoms with E-state index in [0.717, 1.165) is 25.7 Å². The Balaban J connectivity index is 2.04. The Labute approximate surface area is 229 Å². The summed E-state index contributed by atoms with van der Waals surface area (Å²) in [5.41, 5.74) is 0. The Kier molecular flexibility index (Phi) is 14.9. The van der Waals surface area contributed by atoms with E-state index in [2.05, 4.69) is 11.1 Å². The smallest absolute Gasteiger partial charge is 0.394 e. The van der Waals surface area contributed by atoms with E-state index in [0.29, 0.717) is 6.42 Å². The van der Waals surface area contributed by atoms with Crippen LogP contribution < -0.4 is 0 Å². The van der Waals surface area contributed by atoms with Crippen LogP contribution in [0.4, 0.5) is 0 Å². The molecule has 0 spiro atoms. The summed E-state index contributed by atoms with van der Waals surface area (Å²) in [7, 11) is -5.18. The lowest BCUT2D eigenvalue weighted by Crippen LogP contribution is -2.63. The minimum atomic E-state index is -5.18. The molecule has 7 N–H and O–H groups in total. The van der Waals surface area contributed by atoms with Crippen LogP contribution in [0.2, 0.25) is 0 Å². The zero-order valence-corrected chi connectivity index (χ0v) is 23.2. The summed E-state index contributed by atoms with van der Waals surface area (Å²) in [6, 6.07) is 0. The van der Waals surface area contributed by atoms with Crippen molar-refractivity contribution in [2.45, 2.75) is 126 Å². The van der Waals surface area contributed by atoms with Gasteiger partial charge in [0, 0.05) is 6.61 Å². The molecule has 0 aromatic heterocycles. The summed E-state index contributed by atoms with van der Waals surface area (Å²) in [5.74, 6) is -2.35. The zero-order chi connectivity index (χ0) is 29.1. The molecule has 39 heavy (non-hydrogen) atoms. The molecule has 0 aromatic carbocycles. The molecule has 2 aliphatic heterocycles. The van der Waals surface area contributed by atoms with Crippen molar-refractivity contribution in [3.8, 4) is 0 Å². The van der Waals surface area contributed by atoms with Crippen LogP contribution in [0, 0.1) is 0 Å². The first-order valence-corrected chi connectivity index (χ1v) is 15.0. The maximum absolute atomic E-state index is 11.6. The molecule has 0 amide bonds. The minimum Gasteiger partial charge on any atom is -0.394 e. The molecule has 232 valence electrons. The highest BCUT2D eigenvalue weighted by molar-refractivity contribution is 7.80. The third kappa shape index (κ3) is 10.4. The van der Waals surface area contributed by atoms with Crippen LogP contribution in [0.25, 0.3) is 0 Å². The second-order valence-corrected chi connectivity index (χ2v) is 11.2. The van der Waals surface area contributed by atoms with Crippen molar-refractivity contribution < 1.29 is 66.7 Å². The van der Waals surface area contributed by atoms with Crippen molar-refractivity contribution in [2.75, 3.05) is 26.4 Å². The number of unbranched alkanes of at least 4 members (excludes halogenated alkanes) is 9. The monoisotopic (exact) mass is 590 g/mol.